The summed E-state index contributed by atoms with van der Waals surface area (Å²) in [7, 11) is 0. The number of benzene rings is 1. The topological polar surface area (TPSA) is 67.0 Å². The minimum absolute atomic E-state index is 0.0208. The van der Waals surface area contributed by atoms with Crippen LogP contribution in [0.15, 0.2) is 48.8 Å². The maximum atomic E-state index is 12.1. The van der Waals surface area contributed by atoms with Crippen LogP contribution in [0.1, 0.15) is 5.56 Å². The number of amides is 1. The SMILES string of the molecule is O=C(Cc1ccc2cc[nH]c2c1)Nc1ccc(OCC(F)(F)F)cn1. The minimum Gasteiger partial charge on any atom is -0.483 e. The number of halogens is 3. The smallest absolute Gasteiger partial charge is 0.422 e. The molecule has 8 heteroatoms. The fraction of sp³-hybridized carbons (Fsp3) is 0.176. The van der Waals surface area contributed by atoms with E-state index >= 15 is 0 Å². The van der Waals surface area contributed by atoms with E-state index in [2.05, 4.69) is 20.0 Å². The third-order valence-electron chi connectivity index (χ3n) is 3.39. The molecule has 1 aromatic carbocycles. The third-order valence-corrected chi connectivity index (χ3v) is 3.39. The molecule has 0 aliphatic heterocycles. The van der Waals surface area contributed by atoms with Gasteiger partial charge in [-0.15, -0.1) is 0 Å². The molecule has 0 saturated carbocycles. The summed E-state index contributed by atoms with van der Waals surface area (Å²) in [6.45, 7) is -1.39. The molecule has 0 spiro atoms. The van der Waals surface area contributed by atoms with Crippen molar-refractivity contribution in [2.45, 2.75) is 12.6 Å². The van der Waals surface area contributed by atoms with E-state index in [1.165, 1.54) is 12.1 Å². The molecule has 3 rings (SSSR count). The summed E-state index contributed by atoms with van der Waals surface area (Å²) < 4.78 is 40.8. The highest BCUT2D eigenvalue weighted by atomic mass is 19.4. The lowest BCUT2D eigenvalue weighted by molar-refractivity contribution is -0.153. The maximum Gasteiger partial charge on any atom is 0.422 e. The molecular weight excluding hydrogens is 335 g/mol. The maximum absolute atomic E-state index is 12.1. The predicted octanol–water partition coefficient (Wildman–Crippen LogP) is 3.69. The Morgan fingerprint density at radius 2 is 2.04 bits per heavy atom. The van der Waals surface area contributed by atoms with Crippen molar-refractivity contribution in [2.24, 2.45) is 0 Å². The molecule has 0 aliphatic rings. The Balaban J connectivity index is 1.57. The highest BCUT2D eigenvalue weighted by molar-refractivity contribution is 5.92. The molecule has 3 aromatic rings. The Morgan fingerprint density at radius 3 is 2.76 bits per heavy atom. The number of ether oxygens (including phenoxy) is 1. The Hall–Kier alpha value is -3.03. The van der Waals surface area contributed by atoms with Crippen LogP contribution in [0, 0.1) is 0 Å². The van der Waals surface area contributed by atoms with Crippen LogP contribution in [0.25, 0.3) is 10.9 Å². The molecule has 0 atom stereocenters. The number of pyridine rings is 1. The lowest BCUT2D eigenvalue weighted by Gasteiger charge is -2.09. The van der Waals surface area contributed by atoms with E-state index in [-0.39, 0.29) is 23.9 Å². The normalized spacial score (nSPS) is 11.5. The summed E-state index contributed by atoms with van der Waals surface area (Å²) in [5.74, 6) is -0.0554. The fourth-order valence-electron chi connectivity index (χ4n) is 2.28. The van der Waals surface area contributed by atoms with Crippen molar-refractivity contribution >= 4 is 22.6 Å². The molecule has 2 N–H and O–H groups in total. The second-order valence-electron chi connectivity index (χ2n) is 5.41. The first-order valence-electron chi connectivity index (χ1n) is 7.40. The van der Waals surface area contributed by atoms with Crippen LogP contribution >= 0.6 is 0 Å². The first-order valence-corrected chi connectivity index (χ1v) is 7.40. The quantitative estimate of drug-likeness (QED) is 0.738. The van der Waals surface area contributed by atoms with Gasteiger partial charge >= 0.3 is 6.18 Å². The Kier molecular flexibility index (Phi) is 4.60. The van der Waals surface area contributed by atoms with E-state index < -0.39 is 12.8 Å². The van der Waals surface area contributed by atoms with E-state index in [1.807, 2.05) is 30.5 Å². The highest BCUT2D eigenvalue weighted by Crippen LogP contribution is 2.19. The van der Waals surface area contributed by atoms with Crippen molar-refractivity contribution in [3.05, 3.63) is 54.4 Å². The summed E-state index contributed by atoms with van der Waals surface area (Å²) in [5, 5.41) is 3.65. The van der Waals surface area contributed by atoms with E-state index in [9.17, 15) is 18.0 Å². The molecule has 0 radical (unpaired) electrons. The predicted molar refractivity (Wildman–Crippen MR) is 86.4 cm³/mol. The number of anilines is 1. The number of H-pyrrole nitrogens is 1. The van der Waals surface area contributed by atoms with Gasteiger partial charge in [-0.25, -0.2) is 4.98 Å². The van der Waals surface area contributed by atoms with E-state index in [1.54, 1.807) is 0 Å². The van der Waals surface area contributed by atoms with Gasteiger partial charge in [0.25, 0.3) is 0 Å². The Labute approximate surface area is 140 Å². The summed E-state index contributed by atoms with van der Waals surface area (Å²) in [4.78, 5) is 19.0. The second kappa shape index (κ2) is 6.84. The number of carbonyl (C=O) groups is 1. The Morgan fingerprint density at radius 1 is 1.20 bits per heavy atom. The van der Waals surface area contributed by atoms with Crippen LogP contribution in [0.3, 0.4) is 0 Å². The van der Waals surface area contributed by atoms with Gasteiger partial charge in [-0.1, -0.05) is 12.1 Å². The summed E-state index contributed by atoms with van der Waals surface area (Å²) in [6.07, 6.45) is -1.30. The first kappa shape index (κ1) is 16.8. The van der Waals surface area contributed by atoms with Crippen LogP contribution in [-0.2, 0) is 11.2 Å². The fourth-order valence-corrected chi connectivity index (χ4v) is 2.28. The molecule has 2 aromatic heterocycles. The number of hydrogen-bond donors (Lipinski definition) is 2. The average Bonchev–Trinajstić information content (AvgIpc) is 3.01. The van der Waals surface area contributed by atoms with Gasteiger partial charge in [0.2, 0.25) is 5.91 Å². The molecule has 0 aliphatic carbocycles. The first-order chi connectivity index (χ1) is 11.9. The van der Waals surface area contributed by atoms with Gasteiger partial charge in [-0.05, 0) is 35.2 Å². The average molecular weight is 349 g/mol. The molecule has 0 saturated heterocycles. The lowest BCUT2D eigenvalue weighted by atomic mass is 10.1. The van der Waals surface area contributed by atoms with E-state index in [0.717, 1.165) is 22.7 Å². The third kappa shape index (κ3) is 4.72. The van der Waals surface area contributed by atoms with Gasteiger partial charge in [-0.2, -0.15) is 13.2 Å². The molecule has 0 bridgehead atoms. The lowest BCUT2D eigenvalue weighted by Crippen LogP contribution is -2.19. The standard InChI is InChI=1S/C17H14F3N3O2/c18-17(19,20)10-25-13-3-4-15(22-9-13)23-16(24)8-11-1-2-12-5-6-21-14(12)7-11/h1-7,9,21H,8,10H2,(H,22,23,24). The number of alkyl halides is 3. The number of carbonyl (C=O) groups excluding carboxylic acids is 1. The van der Waals surface area contributed by atoms with E-state index in [0.29, 0.717) is 0 Å². The largest absolute Gasteiger partial charge is 0.483 e. The second-order valence-corrected chi connectivity index (χ2v) is 5.41. The molecule has 0 unspecified atom stereocenters. The monoisotopic (exact) mass is 349 g/mol. The number of hydrogen-bond acceptors (Lipinski definition) is 3. The molecule has 0 fully saturated rings. The number of aromatic amines is 1. The van der Waals surface area contributed by atoms with Crippen molar-refractivity contribution in [3.8, 4) is 5.75 Å². The number of fused-ring (bicyclic) bond motifs is 1. The molecular formula is C17H14F3N3O2. The van der Waals surface area contributed by atoms with E-state index in [4.69, 9.17) is 0 Å². The molecule has 5 nitrogen and oxygen atoms in total. The van der Waals surface area contributed by atoms with Crippen LogP contribution in [0.2, 0.25) is 0 Å². The zero-order chi connectivity index (χ0) is 17.9. The summed E-state index contributed by atoms with van der Waals surface area (Å²) in [5.41, 5.74) is 1.77. The van der Waals surface area contributed by atoms with Gasteiger partial charge < -0.3 is 15.0 Å². The molecule has 2 heterocycles. The van der Waals surface area contributed by atoms with Crippen LogP contribution < -0.4 is 10.1 Å². The highest BCUT2D eigenvalue weighted by Gasteiger charge is 2.28. The van der Waals surface area contributed by atoms with Gasteiger partial charge in [0.1, 0.15) is 11.6 Å². The number of nitrogens with zero attached hydrogens (tertiary/aromatic N) is 1. The zero-order valence-electron chi connectivity index (χ0n) is 12.9. The van der Waals surface area contributed by atoms with Crippen LogP contribution in [0.4, 0.5) is 19.0 Å². The van der Waals surface area contributed by atoms with Crippen molar-refractivity contribution in [3.63, 3.8) is 0 Å². The Bertz CT molecular complexity index is 873. The number of nitrogens with one attached hydrogen (secondary N) is 2. The molecule has 1 amide bonds. The summed E-state index contributed by atoms with van der Waals surface area (Å²) >= 11 is 0. The van der Waals surface area contributed by atoms with Crippen LogP contribution in [0.5, 0.6) is 5.75 Å². The number of rotatable bonds is 5. The van der Waals surface area contributed by atoms with Crippen molar-refractivity contribution in [2.75, 3.05) is 11.9 Å². The minimum atomic E-state index is -4.41. The van der Waals surface area contributed by atoms with Gasteiger partial charge in [0, 0.05) is 11.7 Å². The van der Waals surface area contributed by atoms with Crippen molar-refractivity contribution in [1.82, 2.24) is 9.97 Å². The van der Waals surface area contributed by atoms with Crippen molar-refractivity contribution < 1.29 is 22.7 Å². The van der Waals surface area contributed by atoms with Gasteiger partial charge in [0.15, 0.2) is 6.61 Å². The summed E-state index contributed by atoms with van der Waals surface area (Å²) in [6, 6.07) is 10.3. The van der Waals surface area contributed by atoms with Crippen molar-refractivity contribution in [1.29, 1.82) is 0 Å². The zero-order valence-corrected chi connectivity index (χ0v) is 12.9. The van der Waals surface area contributed by atoms with Gasteiger partial charge in [-0.3, -0.25) is 4.79 Å². The van der Waals surface area contributed by atoms with Crippen LogP contribution in [-0.4, -0.2) is 28.7 Å². The number of aromatic nitrogens is 2. The molecule has 25 heavy (non-hydrogen) atoms. The van der Waals surface area contributed by atoms with Gasteiger partial charge in [0.05, 0.1) is 12.6 Å². The molecule has 130 valence electrons.